The molecule has 0 spiro atoms. The standard InChI is InChI=1S/C14H10N2O2S2/c1-9-4-6-10(7-5-9)12-15-16-14(18-12)20-13(17)11-3-2-8-19-11/h2-8H,1H3. The van der Waals surface area contributed by atoms with Crippen LogP contribution >= 0.6 is 23.1 Å². The highest BCUT2D eigenvalue weighted by atomic mass is 32.2. The Morgan fingerprint density at radius 2 is 2.00 bits per heavy atom. The molecule has 0 saturated carbocycles. The molecule has 0 N–H and O–H groups in total. The predicted molar refractivity (Wildman–Crippen MR) is 79.0 cm³/mol. The molecule has 0 aliphatic carbocycles. The van der Waals surface area contributed by atoms with Crippen molar-refractivity contribution >= 4 is 28.2 Å². The number of rotatable bonds is 3. The first kappa shape index (κ1) is 13.1. The van der Waals surface area contributed by atoms with Crippen LogP contribution in [0.25, 0.3) is 11.5 Å². The van der Waals surface area contributed by atoms with Gasteiger partial charge in [0.1, 0.15) is 0 Å². The van der Waals surface area contributed by atoms with Crippen molar-refractivity contribution in [3.63, 3.8) is 0 Å². The van der Waals surface area contributed by atoms with E-state index in [9.17, 15) is 4.79 Å². The van der Waals surface area contributed by atoms with Gasteiger partial charge in [-0.2, -0.15) is 0 Å². The Kier molecular flexibility index (Phi) is 3.66. The number of aromatic nitrogens is 2. The fourth-order valence-corrected chi connectivity index (χ4v) is 2.94. The molecule has 6 heteroatoms. The highest BCUT2D eigenvalue weighted by Crippen LogP contribution is 2.27. The summed E-state index contributed by atoms with van der Waals surface area (Å²) >= 11 is 2.35. The molecule has 2 heterocycles. The van der Waals surface area contributed by atoms with Gasteiger partial charge in [0.15, 0.2) is 0 Å². The summed E-state index contributed by atoms with van der Waals surface area (Å²) in [5.74, 6) is 0.423. The van der Waals surface area contributed by atoms with Gasteiger partial charge in [-0.05, 0) is 30.5 Å². The van der Waals surface area contributed by atoms with Gasteiger partial charge in [-0.25, -0.2) is 0 Å². The SMILES string of the molecule is Cc1ccc(-c2nnc(SC(=O)c3cccs3)o2)cc1. The van der Waals surface area contributed by atoms with E-state index in [1.165, 1.54) is 11.3 Å². The number of aryl methyl sites for hydroxylation is 1. The normalized spacial score (nSPS) is 10.7. The minimum Gasteiger partial charge on any atom is -0.411 e. The van der Waals surface area contributed by atoms with Crippen LogP contribution in [0.1, 0.15) is 15.2 Å². The summed E-state index contributed by atoms with van der Waals surface area (Å²) in [6, 6.07) is 11.4. The highest BCUT2D eigenvalue weighted by molar-refractivity contribution is 8.14. The van der Waals surface area contributed by atoms with Crippen molar-refractivity contribution < 1.29 is 9.21 Å². The van der Waals surface area contributed by atoms with Crippen molar-refractivity contribution in [2.75, 3.05) is 0 Å². The second-order valence-corrected chi connectivity index (χ2v) is 5.98. The average Bonchev–Trinajstić information content (AvgIpc) is 3.10. The summed E-state index contributed by atoms with van der Waals surface area (Å²) in [7, 11) is 0. The number of hydrogen-bond donors (Lipinski definition) is 0. The quantitative estimate of drug-likeness (QED) is 0.683. The first-order valence-corrected chi connectivity index (χ1v) is 7.58. The molecule has 0 saturated heterocycles. The average molecular weight is 302 g/mol. The van der Waals surface area contributed by atoms with Crippen LogP contribution in [0.3, 0.4) is 0 Å². The van der Waals surface area contributed by atoms with Crippen LogP contribution in [0.2, 0.25) is 0 Å². The van der Waals surface area contributed by atoms with Gasteiger partial charge in [0.05, 0.1) is 4.88 Å². The molecule has 0 unspecified atom stereocenters. The topological polar surface area (TPSA) is 56.0 Å². The molecular weight excluding hydrogens is 292 g/mol. The van der Waals surface area contributed by atoms with Gasteiger partial charge in [-0.3, -0.25) is 4.79 Å². The van der Waals surface area contributed by atoms with Crippen LogP contribution in [0.5, 0.6) is 0 Å². The number of hydrogen-bond acceptors (Lipinski definition) is 6. The van der Waals surface area contributed by atoms with E-state index in [0.29, 0.717) is 10.8 Å². The molecule has 0 aliphatic heterocycles. The van der Waals surface area contributed by atoms with Crippen LogP contribution in [-0.2, 0) is 0 Å². The summed E-state index contributed by atoms with van der Waals surface area (Å²) in [5.41, 5.74) is 2.01. The van der Waals surface area contributed by atoms with Gasteiger partial charge < -0.3 is 4.42 Å². The molecule has 3 rings (SSSR count). The van der Waals surface area contributed by atoms with Crippen molar-refractivity contribution in [3.8, 4) is 11.5 Å². The number of nitrogens with zero attached hydrogens (tertiary/aromatic N) is 2. The largest absolute Gasteiger partial charge is 0.411 e. The zero-order valence-corrected chi connectivity index (χ0v) is 12.2. The van der Waals surface area contributed by atoms with Crippen LogP contribution in [0, 0.1) is 6.92 Å². The fourth-order valence-electron chi connectivity index (χ4n) is 1.59. The summed E-state index contributed by atoms with van der Waals surface area (Å²) in [4.78, 5) is 12.6. The lowest BCUT2D eigenvalue weighted by atomic mass is 10.1. The van der Waals surface area contributed by atoms with E-state index in [4.69, 9.17) is 4.42 Å². The lowest BCUT2D eigenvalue weighted by Gasteiger charge is -1.95. The van der Waals surface area contributed by atoms with Crippen molar-refractivity contribution in [1.29, 1.82) is 0 Å². The van der Waals surface area contributed by atoms with Crippen LogP contribution < -0.4 is 0 Å². The molecule has 0 amide bonds. The van der Waals surface area contributed by atoms with E-state index in [-0.39, 0.29) is 10.3 Å². The van der Waals surface area contributed by atoms with Crippen LogP contribution in [0.4, 0.5) is 0 Å². The second-order valence-electron chi connectivity index (χ2n) is 4.11. The monoisotopic (exact) mass is 302 g/mol. The first-order valence-electron chi connectivity index (χ1n) is 5.88. The molecule has 20 heavy (non-hydrogen) atoms. The lowest BCUT2D eigenvalue weighted by Crippen LogP contribution is -1.88. The van der Waals surface area contributed by atoms with Crippen molar-refractivity contribution in [2.45, 2.75) is 12.1 Å². The minimum absolute atomic E-state index is 0.0842. The molecule has 4 nitrogen and oxygen atoms in total. The number of thiophene rings is 1. The second kappa shape index (κ2) is 5.60. The maximum atomic E-state index is 11.9. The molecular formula is C14H10N2O2S2. The Labute approximate surface area is 123 Å². The van der Waals surface area contributed by atoms with E-state index in [0.717, 1.165) is 22.9 Å². The minimum atomic E-state index is -0.0842. The maximum absolute atomic E-state index is 11.9. The lowest BCUT2D eigenvalue weighted by molar-refractivity contribution is 0.109. The smallest absolute Gasteiger partial charge is 0.284 e. The third kappa shape index (κ3) is 2.81. The van der Waals surface area contributed by atoms with Crippen molar-refractivity contribution in [1.82, 2.24) is 10.2 Å². The Morgan fingerprint density at radius 3 is 2.70 bits per heavy atom. The van der Waals surface area contributed by atoms with Gasteiger partial charge in [0, 0.05) is 17.3 Å². The Bertz CT molecular complexity index is 718. The summed E-state index contributed by atoms with van der Waals surface area (Å²) in [6.45, 7) is 2.01. The fraction of sp³-hybridized carbons (Fsp3) is 0.0714. The molecule has 2 aromatic heterocycles. The van der Waals surface area contributed by atoms with E-state index in [1.54, 1.807) is 6.07 Å². The Balaban J connectivity index is 1.77. The maximum Gasteiger partial charge on any atom is 0.284 e. The van der Waals surface area contributed by atoms with Crippen LogP contribution in [-0.4, -0.2) is 15.3 Å². The van der Waals surface area contributed by atoms with Crippen molar-refractivity contribution in [3.05, 3.63) is 52.2 Å². The van der Waals surface area contributed by atoms with Gasteiger partial charge in [-0.1, -0.05) is 23.8 Å². The summed E-state index contributed by atoms with van der Waals surface area (Å²) < 4.78 is 5.50. The van der Waals surface area contributed by atoms with Gasteiger partial charge in [0.2, 0.25) is 11.0 Å². The molecule has 0 radical (unpaired) electrons. The van der Waals surface area contributed by atoms with E-state index >= 15 is 0 Å². The summed E-state index contributed by atoms with van der Waals surface area (Å²) in [5, 5.41) is 9.90. The number of benzene rings is 1. The Hall–Kier alpha value is -1.92. The third-order valence-corrected chi connectivity index (χ3v) is 4.35. The van der Waals surface area contributed by atoms with Crippen LogP contribution in [0.15, 0.2) is 51.4 Å². The number of thioether (sulfide) groups is 1. The number of carbonyl (C=O) groups excluding carboxylic acids is 1. The summed E-state index contributed by atoms with van der Waals surface area (Å²) in [6.07, 6.45) is 0. The molecule has 0 atom stereocenters. The van der Waals surface area contributed by atoms with Gasteiger partial charge >= 0.3 is 0 Å². The molecule has 0 fully saturated rings. The molecule has 3 aromatic rings. The zero-order chi connectivity index (χ0) is 13.9. The Morgan fingerprint density at radius 1 is 1.20 bits per heavy atom. The molecule has 0 aliphatic rings. The molecule has 1 aromatic carbocycles. The molecule has 100 valence electrons. The van der Waals surface area contributed by atoms with Gasteiger partial charge in [0.25, 0.3) is 5.22 Å². The predicted octanol–water partition coefficient (Wildman–Crippen LogP) is 4.04. The van der Waals surface area contributed by atoms with Crippen molar-refractivity contribution in [2.24, 2.45) is 0 Å². The third-order valence-electron chi connectivity index (χ3n) is 2.61. The molecule has 0 bridgehead atoms. The van der Waals surface area contributed by atoms with E-state index in [1.807, 2.05) is 42.6 Å². The zero-order valence-electron chi connectivity index (χ0n) is 10.6. The highest BCUT2D eigenvalue weighted by Gasteiger charge is 2.15. The van der Waals surface area contributed by atoms with E-state index < -0.39 is 0 Å². The first-order chi connectivity index (χ1) is 9.72. The number of carbonyl (C=O) groups is 1. The van der Waals surface area contributed by atoms with Gasteiger partial charge in [-0.15, -0.1) is 21.5 Å². The van der Waals surface area contributed by atoms with E-state index in [2.05, 4.69) is 10.2 Å².